The van der Waals surface area contributed by atoms with E-state index in [1.54, 1.807) is 0 Å². The fraction of sp³-hybridized carbons (Fsp3) is 0.556. The van der Waals surface area contributed by atoms with Crippen LogP contribution in [0.2, 0.25) is 0 Å². The Balaban J connectivity index is 3.04. The average Bonchev–Trinajstić information content (AvgIpc) is 1.89. The Hall–Kier alpha value is -0.520. The highest BCUT2D eigenvalue weighted by atomic mass is 13.8. The van der Waals surface area contributed by atoms with Crippen molar-refractivity contribution in [2.75, 3.05) is 0 Å². The van der Waals surface area contributed by atoms with Crippen molar-refractivity contribution >= 4 is 0 Å². The molecule has 0 aromatic carbocycles. The van der Waals surface area contributed by atoms with Crippen molar-refractivity contribution in [2.24, 2.45) is 0 Å². The van der Waals surface area contributed by atoms with E-state index in [2.05, 4.69) is 25.2 Å². The predicted molar refractivity (Wildman–Crippen MR) is 43.5 cm³/mol. The van der Waals surface area contributed by atoms with Gasteiger partial charge in [-0.25, -0.2) is 0 Å². The second-order valence-electron chi connectivity index (χ2n) is 2.10. The molecule has 0 unspecified atom stereocenters. The second-order valence-corrected chi connectivity index (χ2v) is 2.10. The minimum atomic E-state index is 1.22. The molecule has 0 fully saturated rings. The lowest BCUT2D eigenvalue weighted by molar-refractivity contribution is 0.815. The Morgan fingerprint density at radius 2 is 2.00 bits per heavy atom. The standard InChI is InChI=1S/C9H16/c1-3-5-7-9-8-6-4-2/h3,5,7,9H,4,6,8H2,1-2H3/b5-3+,9-7+. The summed E-state index contributed by atoms with van der Waals surface area (Å²) in [6.07, 6.45) is 12.3. The molecule has 9 heavy (non-hydrogen) atoms. The molecule has 0 saturated heterocycles. The molecule has 0 radical (unpaired) electrons. The Kier molecular flexibility index (Phi) is 7.05. The number of unbranched alkanes of at least 4 members (excludes halogenated alkanes) is 2. The van der Waals surface area contributed by atoms with E-state index in [4.69, 9.17) is 0 Å². The van der Waals surface area contributed by atoms with E-state index in [9.17, 15) is 0 Å². The predicted octanol–water partition coefficient (Wildman–Crippen LogP) is 3.31. The van der Waals surface area contributed by atoms with E-state index in [0.29, 0.717) is 0 Å². The zero-order valence-corrected chi connectivity index (χ0v) is 6.43. The van der Waals surface area contributed by atoms with Gasteiger partial charge in [0, 0.05) is 0 Å². The number of rotatable bonds is 4. The normalized spacial score (nSPS) is 11.8. The van der Waals surface area contributed by atoms with Crippen molar-refractivity contribution < 1.29 is 0 Å². The van der Waals surface area contributed by atoms with Crippen LogP contribution >= 0.6 is 0 Å². The van der Waals surface area contributed by atoms with Crippen LogP contribution in [0.1, 0.15) is 33.1 Å². The molecule has 0 aliphatic heterocycles. The van der Waals surface area contributed by atoms with Gasteiger partial charge < -0.3 is 0 Å². The van der Waals surface area contributed by atoms with Gasteiger partial charge in [-0.2, -0.15) is 0 Å². The van der Waals surface area contributed by atoms with E-state index in [-0.39, 0.29) is 0 Å². The van der Waals surface area contributed by atoms with Crippen molar-refractivity contribution in [1.29, 1.82) is 0 Å². The maximum atomic E-state index is 2.21. The highest BCUT2D eigenvalue weighted by Crippen LogP contribution is 1.94. The molecule has 52 valence electrons. The van der Waals surface area contributed by atoms with Crippen LogP contribution in [-0.2, 0) is 0 Å². The molecule has 0 atom stereocenters. The Bertz CT molecular complexity index is 88.2. The minimum Gasteiger partial charge on any atom is -0.0877 e. The van der Waals surface area contributed by atoms with Gasteiger partial charge in [-0.1, -0.05) is 44.1 Å². The molecule has 0 rings (SSSR count). The molecule has 0 aliphatic carbocycles. The molecule has 0 N–H and O–H groups in total. The lowest BCUT2D eigenvalue weighted by Crippen LogP contribution is -1.64. The van der Waals surface area contributed by atoms with Crippen LogP contribution in [0.5, 0.6) is 0 Å². The third-order valence-corrected chi connectivity index (χ3v) is 1.16. The maximum absolute atomic E-state index is 2.21. The highest BCUT2D eigenvalue weighted by molar-refractivity contribution is 5.00. The Morgan fingerprint density at radius 1 is 1.22 bits per heavy atom. The number of hydrogen-bond donors (Lipinski definition) is 0. The van der Waals surface area contributed by atoms with Crippen LogP contribution in [-0.4, -0.2) is 0 Å². The molecule has 0 amide bonds. The largest absolute Gasteiger partial charge is 0.0877 e. The first-order valence-electron chi connectivity index (χ1n) is 3.69. The fourth-order valence-corrected chi connectivity index (χ4v) is 0.608. The van der Waals surface area contributed by atoms with Crippen molar-refractivity contribution in [3.05, 3.63) is 24.3 Å². The van der Waals surface area contributed by atoms with Gasteiger partial charge in [0.05, 0.1) is 0 Å². The molecular formula is C9H16. The lowest BCUT2D eigenvalue weighted by atomic mass is 10.2. The van der Waals surface area contributed by atoms with Gasteiger partial charge in [-0.3, -0.25) is 0 Å². The molecule has 0 heterocycles. The van der Waals surface area contributed by atoms with Crippen LogP contribution in [0.15, 0.2) is 24.3 Å². The summed E-state index contributed by atoms with van der Waals surface area (Å²) >= 11 is 0. The van der Waals surface area contributed by atoms with E-state index < -0.39 is 0 Å². The van der Waals surface area contributed by atoms with Crippen molar-refractivity contribution in [3.63, 3.8) is 0 Å². The van der Waals surface area contributed by atoms with E-state index in [1.807, 2.05) is 13.0 Å². The Morgan fingerprint density at radius 3 is 2.56 bits per heavy atom. The summed E-state index contributed by atoms with van der Waals surface area (Å²) < 4.78 is 0. The van der Waals surface area contributed by atoms with Gasteiger partial charge in [-0.15, -0.1) is 0 Å². The van der Waals surface area contributed by atoms with Gasteiger partial charge in [0.15, 0.2) is 0 Å². The van der Waals surface area contributed by atoms with E-state index in [1.165, 1.54) is 19.3 Å². The van der Waals surface area contributed by atoms with E-state index >= 15 is 0 Å². The molecule has 0 aromatic rings. The van der Waals surface area contributed by atoms with Gasteiger partial charge in [0.2, 0.25) is 0 Å². The van der Waals surface area contributed by atoms with Gasteiger partial charge >= 0.3 is 0 Å². The molecule has 0 heteroatoms. The zero-order valence-electron chi connectivity index (χ0n) is 6.43. The van der Waals surface area contributed by atoms with Crippen LogP contribution < -0.4 is 0 Å². The van der Waals surface area contributed by atoms with E-state index in [0.717, 1.165) is 0 Å². The fourth-order valence-electron chi connectivity index (χ4n) is 0.608. The SMILES string of the molecule is C/C=C/C=C/CCCC. The Labute approximate surface area is 58.3 Å². The third kappa shape index (κ3) is 7.48. The first-order chi connectivity index (χ1) is 4.41. The molecule has 0 saturated carbocycles. The smallest absolute Gasteiger partial charge is 0.0348 e. The van der Waals surface area contributed by atoms with Crippen LogP contribution in [0.3, 0.4) is 0 Å². The second kappa shape index (κ2) is 7.48. The first kappa shape index (κ1) is 8.48. The molecule has 0 aliphatic rings. The van der Waals surface area contributed by atoms with Crippen LogP contribution in [0.4, 0.5) is 0 Å². The maximum Gasteiger partial charge on any atom is -0.0348 e. The summed E-state index contributed by atoms with van der Waals surface area (Å²) in [7, 11) is 0. The third-order valence-electron chi connectivity index (χ3n) is 1.16. The van der Waals surface area contributed by atoms with Gasteiger partial charge in [0.1, 0.15) is 0 Å². The van der Waals surface area contributed by atoms with Crippen molar-refractivity contribution in [3.8, 4) is 0 Å². The topological polar surface area (TPSA) is 0 Å². The summed E-state index contributed by atoms with van der Waals surface area (Å²) in [5.41, 5.74) is 0. The van der Waals surface area contributed by atoms with Crippen molar-refractivity contribution in [2.45, 2.75) is 33.1 Å². The molecule has 0 aromatic heterocycles. The van der Waals surface area contributed by atoms with Crippen LogP contribution in [0, 0.1) is 0 Å². The average molecular weight is 124 g/mol. The molecule has 0 nitrogen and oxygen atoms in total. The zero-order chi connectivity index (χ0) is 6.95. The summed E-state index contributed by atoms with van der Waals surface area (Å²) in [5, 5.41) is 0. The molecule has 0 bridgehead atoms. The summed E-state index contributed by atoms with van der Waals surface area (Å²) in [4.78, 5) is 0. The molecule has 0 spiro atoms. The summed E-state index contributed by atoms with van der Waals surface area (Å²) in [6.45, 7) is 4.24. The number of hydrogen-bond acceptors (Lipinski definition) is 0. The molecular weight excluding hydrogens is 108 g/mol. The minimum absolute atomic E-state index is 1.22. The first-order valence-corrected chi connectivity index (χ1v) is 3.69. The van der Waals surface area contributed by atoms with Crippen LogP contribution in [0.25, 0.3) is 0 Å². The van der Waals surface area contributed by atoms with Crippen molar-refractivity contribution in [1.82, 2.24) is 0 Å². The van der Waals surface area contributed by atoms with Gasteiger partial charge in [-0.05, 0) is 13.3 Å². The number of allylic oxidation sites excluding steroid dienone is 4. The quantitative estimate of drug-likeness (QED) is 0.398. The highest BCUT2D eigenvalue weighted by Gasteiger charge is 1.74. The monoisotopic (exact) mass is 124 g/mol. The summed E-state index contributed by atoms with van der Waals surface area (Å²) in [6, 6.07) is 0. The summed E-state index contributed by atoms with van der Waals surface area (Å²) in [5.74, 6) is 0. The van der Waals surface area contributed by atoms with Gasteiger partial charge in [0.25, 0.3) is 0 Å². The lowest BCUT2D eigenvalue weighted by Gasteiger charge is -1.84.